The lowest BCUT2D eigenvalue weighted by Gasteiger charge is -2.37. The van der Waals surface area contributed by atoms with Crippen molar-refractivity contribution >= 4 is 0 Å². The monoisotopic (exact) mass is 274 g/mol. The van der Waals surface area contributed by atoms with E-state index < -0.39 is 0 Å². The van der Waals surface area contributed by atoms with Crippen LogP contribution >= 0.6 is 0 Å². The number of hydrogen-bond acceptors (Lipinski definition) is 0. The topological polar surface area (TPSA) is 0 Å². The van der Waals surface area contributed by atoms with Crippen LogP contribution in [0, 0.1) is 72.0 Å². The molecule has 0 aromatic carbocycles. The quantitative estimate of drug-likeness (QED) is 0.550. The highest BCUT2D eigenvalue weighted by atomic mass is 14.4. The van der Waals surface area contributed by atoms with Crippen molar-refractivity contribution in [2.24, 2.45) is 47.3 Å². The predicted molar refractivity (Wildman–Crippen MR) is 91.0 cm³/mol. The molecule has 0 saturated heterocycles. The summed E-state index contributed by atoms with van der Waals surface area (Å²) in [5.74, 6) is 10.2. The molecule has 0 saturated carbocycles. The van der Waals surface area contributed by atoms with Gasteiger partial charge in [0.2, 0.25) is 0 Å². The first kappa shape index (κ1) is 19.1. The van der Waals surface area contributed by atoms with Crippen LogP contribution in [0.2, 0.25) is 0 Å². The molecule has 0 spiro atoms. The standard InChI is InChI=1S/C20H34/c1-11-13(3)15(5)17(7)19(9)20(10)18(8)16(6)14(4)12-2/h1-2,13-20H,3-10H3/t13-,14-,15+,16+,17-,18-,19+,20+/m1/s1. The molecule has 0 aromatic rings. The molecule has 0 aromatic heterocycles. The van der Waals surface area contributed by atoms with Crippen molar-refractivity contribution in [3.8, 4) is 24.7 Å². The normalized spacial score (nSPS) is 23.3. The van der Waals surface area contributed by atoms with E-state index in [-0.39, 0.29) is 0 Å². The molecule has 0 unspecified atom stereocenters. The van der Waals surface area contributed by atoms with Gasteiger partial charge in [0.15, 0.2) is 0 Å². The summed E-state index contributed by atoms with van der Waals surface area (Å²) in [7, 11) is 0. The van der Waals surface area contributed by atoms with E-state index >= 15 is 0 Å². The highest BCUT2D eigenvalue weighted by Crippen LogP contribution is 2.37. The molecule has 20 heavy (non-hydrogen) atoms. The van der Waals surface area contributed by atoms with E-state index in [0.29, 0.717) is 47.3 Å². The fourth-order valence-electron chi connectivity index (χ4n) is 3.13. The second-order valence-corrected chi connectivity index (χ2v) is 7.07. The van der Waals surface area contributed by atoms with Gasteiger partial charge in [-0.1, -0.05) is 55.4 Å². The van der Waals surface area contributed by atoms with Crippen molar-refractivity contribution in [2.45, 2.75) is 55.4 Å². The molecule has 0 bridgehead atoms. The Bertz CT molecular complexity index is 317. The minimum absolute atomic E-state index is 0.344. The predicted octanol–water partition coefficient (Wildman–Crippen LogP) is 5.34. The zero-order valence-corrected chi connectivity index (χ0v) is 14.8. The maximum Gasteiger partial charge on any atom is 0.0200 e. The van der Waals surface area contributed by atoms with E-state index in [1.165, 1.54) is 0 Å². The van der Waals surface area contributed by atoms with Gasteiger partial charge in [-0.3, -0.25) is 0 Å². The largest absolute Gasteiger partial charge is 0.120 e. The van der Waals surface area contributed by atoms with Gasteiger partial charge < -0.3 is 0 Å². The molecule has 0 aliphatic heterocycles. The van der Waals surface area contributed by atoms with Crippen molar-refractivity contribution < 1.29 is 0 Å². The van der Waals surface area contributed by atoms with Crippen LogP contribution in [0.4, 0.5) is 0 Å². The van der Waals surface area contributed by atoms with Crippen molar-refractivity contribution in [2.75, 3.05) is 0 Å². The summed E-state index contributed by atoms with van der Waals surface area (Å²) >= 11 is 0. The van der Waals surface area contributed by atoms with Gasteiger partial charge >= 0.3 is 0 Å². The van der Waals surface area contributed by atoms with Gasteiger partial charge in [0.1, 0.15) is 0 Å². The van der Waals surface area contributed by atoms with Crippen molar-refractivity contribution in [3.05, 3.63) is 0 Å². The van der Waals surface area contributed by atoms with Gasteiger partial charge in [-0.05, 0) is 35.5 Å². The number of hydrogen-bond donors (Lipinski definition) is 0. The van der Waals surface area contributed by atoms with Crippen LogP contribution in [-0.4, -0.2) is 0 Å². The Morgan fingerprint density at radius 3 is 0.850 bits per heavy atom. The molecule has 0 heteroatoms. The lowest BCUT2D eigenvalue weighted by molar-refractivity contribution is 0.119. The summed E-state index contributed by atoms with van der Waals surface area (Å²) in [6, 6.07) is 0. The van der Waals surface area contributed by atoms with Crippen LogP contribution in [-0.2, 0) is 0 Å². The van der Waals surface area contributed by atoms with Crippen molar-refractivity contribution in [1.29, 1.82) is 0 Å². The van der Waals surface area contributed by atoms with Crippen LogP contribution in [0.3, 0.4) is 0 Å². The maximum atomic E-state index is 5.58. The van der Waals surface area contributed by atoms with Crippen molar-refractivity contribution in [1.82, 2.24) is 0 Å². The minimum Gasteiger partial charge on any atom is -0.120 e. The zero-order chi connectivity index (χ0) is 16.0. The third-order valence-corrected chi connectivity index (χ3v) is 6.25. The van der Waals surface area contributed by atoms with Gasteiger partial charge in [-0.15, -0.1) is 24.7 Å². The summed E-state index contributed by atoms with van der Waals surface area (Å²) in [6.07, 6.45) is 11.2. The van der Waals surface area contributed by atoms with E-state index in [2.05, 4.69) is 67.2 Å². The maximum absolute atomic E-state index is 5.58. The second-order valence-electron chi connectivity index (χ2n) is 7.07. The Hall–Kier alpha value is -0.880. The molecule has 8 atom stereocenters. The first-order valence-corrected chi connectivity index (χ1v) is 8.11. The van der Waals surface area contributed by atoms with Crippen LogP contribution in [0.25, 0.3) is 0 Å². The first-order chi connectivity index (χ1) is 9.18. The summed E-state index contributed by atoms with van der Waals surface area (Å²) in [4.78, 5) is 0. The molecule has 0 aliphatic carbocycles. The molecule has 0 rings (SSSR count). The number of terminal acetylenes is 2. The summed E-state index contributed by atoms with van der Waals surface area (Å²) < 4.78 is 0. The van der Waals surface area contributed by atoms with Gasteiger partial charge in [-0.25, -0.2) is 0 Å². The van der Waals surface area contributed by atoms with Gasteiger partial charge in [0, 0.05) is 11.8 Å². The Kier molecular flexibility index (Phi) is 8.05. The summed E-state index contributed by atoms with van der Waals surface area (Å²) in [6.45, 7) is 18.3. The molecule has 0 heterocycles. The first-order valence-electron chi connectivity index (χ1n) is 8.11. The third kappa shape index (κ3) is 4.59. The highest BCUT2D eigenvalue weighted by Gasteiger charge is 2.31. The Morgan fingerprint density at radius 2 is 0.650 bits per heavy atom. The zero-order valence-electron chi connectivity index (χ0n) is 14.8. The van der Waals surface area contributed by atoms with E-state index in [1.54, 1.807) is 0 Å². The van der Waals surface area contributed by atoms with Crippen LogP contribution in [0.5, 0.6) is 0 Å². The molecule has 0 aliphatic rings. The summed E-state index contributed by atoms with van der Waals surface area (Å²) in [5.41, 5.74) is 0. The van der Waals surface area contributed by atoms with Crippen LogP contribution in [0.1, 0.15) is 55.4 Å². The molecule has 0 nitrogen and oxygen atoms in total. The Morgan fingerprint density at radius 1 is 0.450 bits per heavy atom. The second kappa shape index (κ2) is 8.42. The van der Waals surface area contributed by atoms with Gasteiger partial charge in [0.25, 0.3) is 0 Å². The lowest BCUT2D eigenvalue weighted by Crippen LogP contribution is -2.32. The molecular formula is C20H34. The Labute approximate surface area is 128 Å². The fourth-order valence-corrected chi connectivity index (χ4v) is 3.13. The molecule has 0 fully saturated rings. The molecular weight excluding hydrogens is 240 g/mol. The molecule has 114 valence electrons. The highest BCUT2D eigenvalue weighted by molar-refractivity contribution is 4.96. The molecule has 0 amide bonds. The van der Waals surface area contributed by atoms with Crippen LogP contribution < -0.4 is 0 Å². The van der Waals surface area contributed by atoms with E-state index in [9.17, 15) is 0 Å². The SMILES string of the molecule is C#C[C@@H](C)[C@H](C)[C@@H](C)[C@H](C)[C@@H](C)[C@H](C)[C@@H](C)[C@H](C)C#C. The fraction of sp³-hybridized carbons (Fsp3) is 0.800. The average molecular weight is 274 g/mol. The lowest BCUT2D eigenvalue weighted by atomic mass is 9.67. The molecule has 0 radical (unpaired) electrons. The van der Waals surface area contributed by atoms with E-state index in [4.69, 9.17) is 12.8 Å². The van der Waals surface area contributed by atoms with Crippen LogP contribution in [0.15, 0.2) is 0 Å². The van der Waals surface area contributed by atoms with E-state index in [0.717, 1.165) is 0 Å². The minimum atomic E-state index is 0.344. The smallest absolute Gasteiger partial charge is 0.0200 e. The Balaban J connectivity index is 4.81. The third-order valence-electron chi connectivity index (χ3n) is 6.25. The number of rotatable bonds is 7. The summed E-state index contributed by atoms with van der Waals surface area (Å²) in [5, 5.41) is 0. The van der Waals surface area contributed by atoms with Gasteiger partial charge in [-0.2, -0.15) is 0 Å². The van der Waals surface area contributed by atoms with Gasteiger partial charge in [0.05, 0.1) is 0 Å². The molecule has 0 N–H and O–H groups in total. The van der Waals surface area contributed by atoms with Crippen molar-refractivity contribution in [3.63, 3.8) is 0 Å². The average Bonchev–Trinajstić information content (AvgIpc) is 2.48. The van der Waals surface area contributed by atoms with E-state index in [1.807, 2.05) is 0 Å².